The van der Waals surface area contributed by atoms with Gasteiger partial charge in [-0.1, -0.05) is 115 Å². The number of benzene rings is 2. The molecule has 0 aromatic heterocycles. The Kier molecular flexibility index (Phi) is 15.9. The molecule has 0 aliphatic heterocycles. The summed E-state index contributed by atoms with van der Waals surface area (Å²) in [5.74, 6) is 0.522. The first-order valence-electron chi connectivity index (χ1n) is 12.8. The van der Waals surface area contributed by atoms with Gasteiger partial charge in [0.1, 0.15) is 0 Å². The Morgan fingerprint density at radius 2 is 1.30 bits per heavy atom. The first kappa shape index (κ1) is 38.5. The van der Waals surface area contributed by atoms with Crippen molar-refractivity contribution in [2.75, 3.05) is 0 Å². The van der Waals surface area contributed by atoms with E-state index in [1.54, 1.807) is 0 Å². The Labute approximate surface area is 261 Å². The Morgan fingerprint density at radius 3 is 1.70 bits per heavy atom. The number of fused-ring (bicyclic) bond motifs is 3. The van der Waals surface area contributed by atoms with Crippen molar-refractivity contribution in [3.8, 4) is 11.1 Å². The molecule has 0 nitrogen and oxygen atoms in total. The van der Waals surface area contributed by atoms with E-state index in [0.717, 1.165) is 6.42 Å². The molecule has 0 radical (unpaired) electrons. The molecule has 0 saturated heterocycles. The van der Waals surface area contributed by atoms with Crippen LogP contribution in [0.1, 0.15) is 105 Å². The van der Waals surface area contributed by atoms with Crippen LogP contribution in [0.2, 0.25) is 0 Å². The maximum atomic E-state index is 3.53. The predicted octanol–water partition coefficient (Wildman–Crippen LogP) is 3.86. The van der Waals surface area contributed by atoms with Gasteiger partial charge in [-0.05, 0) is 17.4 Å². The van der Waals surface area contributed by atoms with Crippen LogP contribution in [0.3, 0.4) is 0 Å². The monoisotopic (exact) mass is 615 g/mol. The first-order chi connectivity index (χ1) is 15.6. The van der Waals surface area contributed by atoms with Gasteiger partial charge >= 0.3 is 26.2 Å². The van der Waals surface area contributed by atoms with E-state index in [4.69, 9.17) is 0 Å². The number of rotatable bonds is 0. The Bertz CT molecular complexity index is 979. The molecule has 2 aliphatic rings. The molecule has 2 aliphatic carbocycles. The molecule has 3 heteroatoms. The fraction of sp³-hybridized carbons (Fsp3) is 0.500. The van der Waals surface area contributed by atoms with Crippen LogP contribution >= 0.6 is 0 Å². The van der Waals surface area contributed by atoms with Gasteiger partial charge in [0.2, 0.25) is 0 Å². The summed E-state index contributed by atoms with van der Waals surface area (Å²) in [5, 5.41) is 0. The van der Waals surface area contributed by atoms with E-state index in [0.29, 0.717) is 11.3 Å². The maximum Gasteiger partial charge on any atom is 2.00 e. The van der Waals surface area contributed by atoms with Crippen molar-refractivity contribution in [2.45, 2.75) is 100 Å². The van der Waals surface area contributed by atoms with Crippen LogP contribution in [0.15, 0.2) is 48.1 Å². The van der Waals surface area contributed by atoms with E-state index < -0.39 is 0 Å². The van der Waals surface area contributed by atoms with Gasteiger partial charge in [0.15, 0.2) is 0 Å². The van der Waals surface area contributed by atoms with Crippen LogP contribution < -0.4 is 24.8 Å². The molecule has 37 heavy (non-hydrogen) atoms. The van der Waals surface area contributed by atoms with E-state index in [2.05, 4.69) is 124 Å². The van der Waals surface area contributed by atoms with Gasteiger partial charge in [0.05, 0.1) is 0 Å². The summed E-state index contributed by atoms with van der Waals surface area (Å²) in [6.45, 7) is 26.5. The van der Waals surface area contributed by atoms with Gasteiger partial charge in [-0.3, -0.25) is 6.08 Å². The Hall–Kier alpha value is -0.617. The van der Waals surface area contributed by atoms with Crippen molar-refractivity contribution in [1.29, 1.82) is 0 Å². The molecule has 0 saturated carbocycles. The number of allylic oxidation sites excluding steroid dienone is 4. The summed E-state index contributed by atoms with van der Waals surface area (Å²) in [4.78, 5) is 0. The first-order valence-corrected chi connectivity index (χ1v) is 12.8. The zero-order valence-corrected chi connectivity index (χ0v) is 29.1. The number of hydrogen-bond acceptors (Lipinski definition) is 0. The molecule has 0 N–H and O–H groups in total. The van der Waals surface area contributed by atoms with Gasteiger partial charge in [-0.2, -0.15) is 54.8 Å². The fourth-order valence-electron chi connectivity index (χ4n) is 4.04. The quantitative estimate of drug-likeness (QED) is 0.337. The van der Waals surface area contributed by atoms with Gasteiger partial charge < -0.3 is 31.2 Å². The van der Waals surface area contributed by atoms with Crippen molar-refractivity contribution >= 4 is 0 Å². The zero-order chi connectivity index (χ0) is 25.9. The summed E-state index contributed by atoms with van der Waals surface area (Å²) in [7, 11) is 0. The summed E-state index contributed by atoms with van der Waals surface area (Å²) in [6, 6.07) is 15.1. The summed E-state index contributed by atoms with van der Waals surface area (Å²) >= 11 is 0. The fourth-order valence-corrected chi connectivity index (χ4v) is 4.04. The minimum atomic E-state index is 0. The Balaban J connectivity index is 0. The largest absolute Gasteiger partial charge is 2.00 e. The molecule has 2 aromatic carbocycles. The molecular weight excluding hydrogens is 571 g/mol. The average molecular weight is 618 g/mol. The van der Waals surface area contributed by atoms with Crippen molar-refractivity contribution in [1.82, 2.24) is 0 Å². The van der Waals surface area contributed by atoms with E-state index in [-0.39, 0.29) is 61.8 Å². The minimum absolute atomic E-state index is 0. The number of halogens is 2. The van der Waals surface area contributed by atoms with Crippen LogP contribution in [0.4, 0.5) is 0 Å². The third-order valence-electron chi connectivity index (χ3n) is 6.32. The van der Waals surface area contributed by atoms with Gasteiger partial charge in [0.25, 0.3) is 0 Å². The SMILES string of the molecule is CC(C)(C)c1c[c-]c2c(c1)-c1cc(C(C)(C)C)ccc1C2.CC1[C-]=CC(C(C)(C)C)=C1.C[CH-]C.[Cl-].[Cl-].[Zr+2]. The molecule has 204 valence electrons. The van der Waals surface area contributed by atoms with Gasteiger partial charge in [0, 0.05) is 0 Å². The number of hydrogen-bond donors (Lipinski definition) is 0. The van der Waals surface area contributed by atoms with Crippen molar-refractivity contribution in [3.63, 3.8) is 0 Å². The third-order valence-corrected chi connectivity index (χ3v) is 6.32. The van der Waals surface area contributed by atoms with Crippen LogP contribution in [0.5, 0.6) is 0 Å². The Morgan fingerprint density at radius 1 is 0.784 bits per heavy atom. The van der Waals surface area contributed by atoms with Crippen LogP contribution in [0, 0.1) is 29.9 Å². The van der Waals surface area contributed by atoms with Gasteiger partial charge in [-0.15, -0.1) is 5.56 Å². The molecule has 0 bridgehead atoms. The molecule has 0 amide bonds. The molecular formula is C34H47Cl2Zr-3. The molecule has 4 rings (SSSR count). The second-order valence-electron chi connectivity index (χ2n) is 12.9. The van der Waals surface area contributed by atoms with Crippen molar-refractivity contribution < 1.29 is 51.0 Å². The summed E-state index contributed by atoms with van der Waals surface area (Å²) in [5.41, 5.74) is 10.5. The molecule has 1 unspecified atom stereocenters. The molecule has 1 atom stereocenters. The zero-order valence-electron chi connectivity index (χ0n) is 25.2. The minimum Gasteiger partial charge on any atom is -1.00 e. The van der Waals surface area contributed by atoms with Crippen LogP contribution in [-0.2, 0) is 43.5 Å². The average Bonchev–Trinajstić information content (AvgIpc) is 3.30. The molecule has 0 spiro atoms. The normalized spacial score (nSPS) is 15.2. The maximum absolute atomic E-state index is 3.53. The van der Waals surface area contributed by atoms with Crippen molar-refractivity contribution in [2.24, 2.45) is 11.3 Å². The van der Waals surface area contributed by atoms with Gasteiger partial charge in [-0.25, -0.2) is 6.08 Å². The summed E-state index contributed by atoms with van der Waals surface area (Å²) in [6.07, 6.45) is 10.7. The standard InChI is InChI=1S/C21H25.C10H15.C3H7.2ClH.Zr/c1-20(2,3)16-9-7-14-11-15-8-10-17(21(4,5)6)13-19(15)18(14)12-16;1-8-5-6-9(7-8)10(2,3)4;1-3-2;;;/h7,9-10,12-13H,11H2,1-6H3;6-8H,1-4H3;3H,1-2H3;2*1H;/q3*-1;;;+2/p-2. The van der Waals surface area contributed by atoms with Crippen LogP contribution in [-0.4, -0.2) is 0 Å². The van der Waals surface area contributed by atoms with E-state index in [1.807, 2.05) is 20.3 Å². The smallest absolute Gasteiger partial charge is 1.00 e. The molecule has 0 fully saturated rings. The molecule has 0 heterocycles. The predicted molar refractivity (Wildman–Crippen MR) is 151 cm³/mol. The molecule has 2 aromatic rings. The van der Waals surface area contributed by atoms with E-state index in [1.165, 1.54) is 39.0 Å². The second kappa shape index (κ2) is 15.2. The summed E-state index contributed by atoms with van der Waals surface area (Å²) < 4.78 is 0. The van der Waals surface area contributed by atoms with E-state index >= 15 is 0 Å². The topological polar surface area (TPSA) is 0 Å². The van der Waals surface area contributed by atoms with Crippen LogP contribution in [0.25, 0.3) is 11.1 Å². The van der Waals surface area contributed by atoms with E-state index in [9.17, 15) is 0 Å². The van der Waals surface area contributed by atoms with Crippen molar-refractivity contribution in [3.05, 3.63) is 88.9 Å². The second-order valence-corrected chi connectivity index (χ2v) is 12.9. The third kappa shape index (κ3) is 10.8.